The Morgan fingerprint density at radius 3 is 2.56 bits per heavy atom. The highest BCUT2D eigenvalue weighted by Crippen LogP contribution is 2.42. The third-order valence-corrected chi connectivity index (χ3v) is 1.80. The van der Waals surface area contributed by atoms with Crippen LogP contribution in [0.4, 0.5) is 17.6 Å². The first-order valence-electron chi connectivity index (χ1n) is 3.75. The van der Waals surface area contributed by atoms with Crippen LogP contribution >= 0.6 is 0 Å². The lowest BCUT2D eigenvalue weighted by molar-refractivity contribution is -0.150. The molecule has 0 aliphatic heterocycles. The molecule has 0 bridgehead atoms. The van der Waals surface area contributed by atoms with E-state index in [1.807, 2.05) is 4.91 Å². The molecule has 1 atom stereocenters. The van der Waals surface area contributed by atoms with Gasteiger partial charge in [-0.3, -0.25) is 4.79 Å². The Hall–Kier alpha value is -2.02. The van der Waals surface area contributed by atoms with Crippen LogP contribution < -0.4 is 0 Å². The van der Waals surface area contributed by atoms with Gasteiger partial charge in [0, 0.05) is 4.91 Å². The van der Waals surface area contributed by atoms with Crippen molar-refractivity contribution in [3.63, 3.8) is 0 Å². The minimum Gasteiger partial charge on any atom is -0.481 e. The normalized spacial score (nSPS) is 23.5. The Balaban J connectivity index is 3.37. The van der Waals surface area contributed by atoms with E-state index in [2.05, 4.69) is 5.11 Å². The molecule has 16 heavy (non-hydrogen) atoms. The van der Waals surface area contributed by atoms with E-state index in [0.717, 1.165) is 0 Å². The first-order chi connectivity index (χ1) is 7.31. The average molecular weight is 237 g/mol. The van der Waals surface area contributed by atoms with E-state index >= 15 is 0 Å². The number of azide groups is 1. The van der Waals surface area contributed by atoms with Crippen molar-refractivity contribution >= 4 is 5.97 Å². The van der Waals surface area contributed by atoms with Gasteiger partial charge < -0.3 is 5.11 Å². The van der Waals surface area contributed by atoms with Crippen LogP contribution in [0, 0.1) is 5.92 Å². The van der Waals surface area contributed by atoms with Crippen LogP contribution in [0.2, 0.25) is 0 Å². The third-order valence-electron chi connectivity index (χ3n) is 1.80. The number of hydrogen-bond acceptors (Lipinski definition) is 2. The van der Waals surface area contributed by atoms with Crippen LogP contribution in [-0.2, 0) is 4.79 Å². The molecule has 1 rings (SSSR count). The molecule has 0 radical (unpaired) electrons. The van der Waals surface area contributed by atoms with Gasteiger partial charge in [0.15, 0.2) is 17.6 Å². The second-order valence-electron chi connectivity index (χ2n) is 2.83. The van der Waals surface area contributed by atoms with Gasteiger partial charge in [-0.1, -0.05) is 5.11 Å². The van der Waals surface area contributed by atoms with E-state index in [0.29, 0.717) is 0 Å². The van der Waals surface area contributed by atoms with Crippen molar-refractivity contribution in [2.24, 2.45) is 11.0 Å². The Kier molecular flexibility index (Phi) is 2.90. The van der Waals surface area contributed by atoms with Crippen molar-refractivity contribution in [2.75, 3.05) is 0 Å². The maximum absolute atomic E-state index is 13.0. The molecule has 0 saturated carbocycles. The Labute approximate surface area is 85.3 Å². The molecule has 0 spiro atoms. The maximum atomic E-state index is 13.0. The number of allylic oxidation sites excluding steroid dienone is 2. The minimum absolute atomic E-state index is 0.218. The zero-order valence-electron chi connectivity index (χ0n) is 7.36. The van der Waals surface area contributed by atoms with E-state index < -0.39 is 35.2 Å². The summed E-state index contributed by atoms with van der Waals surface area (Å²) in [7, 11) is 0. The van der Waals surface area contributed by atoms with Gasteiger partial charge in [0.1, 0.15) is 0 Å². The molecule has 1 aliphatic rings. The largest absolute Gasteiger partial charge is 0.481 e. The number of rotatable bonds is 2. The Morgan fingerprint density at radius 2 is 2.12 bits per heavy atom. The van der Waals surface area contributed by atoms with Crippen LogP contribution in [-0.4, -0.2) is 17.0 Å². The van der Waals surface area contributed by atoms with Crippen LogP contribution in [0.15, 0.2) is 28.5 Å². The van der Waals surface area contributed by atoms with Crippen LogP contribution in [0.3, 0.4) is 0 Å². The second-order valence-corrected chi connectivity index (χ2v) is 2.83. The molecule has 0 fully saturated rings. The predicted molar refractivity (Wildman–Crippen MR) is 42.5 cm³/mol. The summed E-state index contributed by atoms with van der Waals surface area (Å²) in [6, 6.07) is 0. The van der Waals surface area contributed by atoms with E-state index in [9.17, 15) is 22.4 Å². The fourth-order valence-corrected chi connectivity index (χ4v) is 1.14. The van der Waals surface area contributed by atoms with Gasteiger partial charge in [-0.2, -0.15) is 0 Å². The van der Waals surface area contributed by atoms with Gasteiger partial charge in [0.25, 0.3) is 5.92 Å². The van der Waals surface area contributed by atoms with E-state index in [1.165, 1.54) is 0 Å². The summed E-state index contributed by atoms with van der Waals surface area (Å²) < 4.78 is 52.0. The molecule has 86 valence electrons. The number of hydrogen-bond donors (Lipinski definition) is 1. The van der Waals surface area contributed by atoms with Crippen molar-refractivity contribution in [3.8, 4) is 0 Å². The highest BCUT2D eigenvalue weighted by Gasteiger charge is 2.50. The van der Waals surface area contributed by atoms with E-state index in [4.69, 9.17) is 10.6 Å². The molecule has 1 unspecified atom stereocenters. The van der Waals surface area contributed by atoms with Crippen molar-refractivity contribution in [1.82, 2.24) is 0 Å². The zero-order valence-corrected chi connectivity index (χ0v) is 7.36. The topological polar surface area (TPSA) is 86.1 Å². The molecule has 5 nitrogen and oxygen atoms in total. The van der Waals surface area contributed by atoms with Crippen LogP contribution in [0.25, 0.3) is 10.4 Å². The minimum atomic E-state index is -4.16. The summed E-state index contributed by atoms with van der Waals surface area (Å²) in [5, 5.41) is 10.8. The lowest BCUT2D eigenvalue weighted by Crippen LogP contribution is -2.36. The maximum Gasteiger partial charge on any atom is 0.320 e. The van der Waals surface area contributed by atoms with Crippen LogP contribution in [0.5, 0.6) is 0 Å². The van der Waals surface area contributed by atoms with Crippen molar-refractivity contribution in [3.05, 3.63) is 33.9 Å². The summed E-state index contributed by atoms with van der Waals surface area (Å²) in [5.74, 6) is -13.4. The second kappa shape index (κ2) is 3.86. The van der Waals surface area contributed by atoms with Gasteiger partial charge in [0.2, 0.25) is 0 Å². The first-order valence-corrected chi connectivity index (χ1v) is 3.75. The lowest BCUT2D eigenvalue weighted by atomic mass is 9.93. The standard InChI is InChI=1S/C7H3F4N3O2/c8-4-2(13-14-12)1-7(10,11)3(5(4)9)6(15)16/h1,3H,(H,15,16). The number of carbonyl (C=O) groups is 1. The number of carboxylic acids is 1. The van der Waals surface area contributed by atoms with E-state index in [-0.39, 0.29) is 6.08 Å². The summed E-state index contributed by atoms with van der Waals surface area (Å²) >= 11 is 0. The van der Waals surface area contributed by atoms with Gasteiger partial charge in [-0.25, -0.2) is 17.6 Å². The number of alkyl halides is 2. The smallest absolute Gasteiger partial charge is 0.320 e. The third kappa shape index (κ3) is 1.84. The lowest BCUT2D eigenvalue weighted by Gasteiger charge is -2.23. The monoisotopic (exact) mass is 237 g/mol. The molecule has 0 aromatic carbocycles. The van der Waals surface area contributed by atoms with E-state index in [1.54, 1.807) is 0 Å². The molecule has 0 amide bonds. The highest BCUT2D eigenvalue weighted by atomic mass is 19.3. The highest BCUT2D eigenvalue weighted by molar-refractivity contribution is 5.76. The fraction of sp³-hybridized carbons (Fsp3) is 0.286. The van der Waals surface area contributed by atoms with Gasteiger partial charge in [-0.05, 0) is 11.6 Å². The zero-order chi connectivity index (χ0) is 12.5. The average Bonchev–Trinajstić information content (AvgIpc) is 2.12. The molecule has 1 N–H and O–H groups in total. The van der Waals surface area contributed by atoms with Gasteiger partial charge in [-0.15, -0.1) is 0 Å². The Morgan fingerprint density at radius 1 is 1.56 bits per heavy atom. The van der Waals surface area contributed by atoms with Crippen molar-refractivity contribution in [2.45, 2.75) is 5.92 Å². The molecule has 0 heterocycles. The predicted octanol–water partition coefficient (Wildman–Crippen LogP) is 2.68. The summed E-state index contributed by atoms with van der Waals surface area (Å²) in [4.78, 5) is 12.4. The fourth-order valence-electron chi connectivity index (χ4n) is 1.14. The Bertz CT molecular complexity index is 451. The van der Waals surface area contributed by atoms with Gasteiger partial charge in [0.05, 0.1) is 5.70 Å². The van der Waals surface area contributed by atoms with Crippen LogP contribution in [0.1, 0.15) is 0 Å². The first kappa shape index (κ1) is 12.1. The molecule has 1 aliphatic carbocycles. The van der Waals surface area contributed by atoms with Crippen molar-refractivity contribution in [1.29, 1.82) is 0 Å². The summed E-state index contributed by atoms with van der Waals surface area (Å²) in [6.45, 7) is 0. The summed E-state index contributed by atoms with van der Waals surface area (Å²) in [6.07, 6.45) is -0.218. The molecular weight excluding hydrogens is 234 g/mol. The number of carboxylic acid groups (broad SMARTS) is 1. The molecule has 0 aromatic rings. The molecule has 0 saturated heterocycles. The van der Waals surface area contributed by atoms with Gasteiger partial charge >= 0.3 is 5.97 Å². The van der Waals surface area contributed by atoms with Crippen molar-refractivity contribution < 1.29 is 27.5 Å². The summed E-state index contributed by atoms with van der Waals surface area (Å²) in [5.41, 5.74) is 6.65. The number of aliphatic carboxylic acids is 1. The molecule has 0 aromatic heterocycles. The number of nitrogens with zero attached hydrogens (tertiary/aromatic N) is 3. The number of halogens is 4. The SMILES string of the molecule is [N-]=[N+]=NC1=CC(F)(F)C(C(=O)O)C(F)=C1F. The quantitative estimate of drug-likeness (QED) is 0.346. The molecular formula is C7H3F4N3O2. The molecule has 9 heteroatoms.